The summed E-state index contributed by atoms with van der Waals surface area (Å²) in [5.41, 5.74) is 2.70. The molecule has 8 heteroatoms. The van der Waals surface area contributed by atoms with E-state index >= 15 is 0 Å². The summed E-state index contributed by atoms with van der Waals surface area (Å²) in [5.74, 6) is 0.742. The molecule has 0 spiro atoms. The van der Waals surface area contributed by atoms with Crippen LogP contribution in [0.2, 0.25) is 0 Å². The molecule has 2 aromatic rings. The van der Waals surface area contributed by atoms with E-state index in [4.69, 9.17) is 14.2 Å². The second kappa shape index (κ2) is 7.28. The Morgan fingerprint density at radius 1 is 1.44 bits per heavy atom. The van der Waals surface area contributed by atoms with Crippen LogP contribution in [0.4, 0.5) is 5.69 Å². The molecule has 1 aromatic heterocycles. The molecular weight excluding hydrogens is 370 g/mol. The van der Waals surface area contributed by atoms with Crippen molar-refractivity contribution in [2.75, 3.05) is 6.79 Å². The fourth-order valence-electron chi connectivity index (χ4n) is 3.56. The maximum absolute atomic E-state index is 12.6. The average Bonchev–Trinajstić information content (AvgIpc) is 3.08. The minimum Gasteiger partial charge on any atom is -0.467 e. The van der Waals surface area contributed by atoms with Crippen molar-refractivity contribution in [1.82, 2.24) is 0 Å². The average molecular weight is 389 g/mol. The zero-order valence-electron chi connectivity index (χ0n) is 14.9. The van der Waals surface area contributed by atoms with Gasteiger partial charge in [-0.25, -0.2) is 4.79 Å². The molecule has 0 amide bonds. The van der Waals surface area contributed by atoms with Crippen LogP contribution in [-0.2, 0) is 35.5 Å². The lowest BCUT2D eigenvalue weighted by atomic mass is 9.88. The number of hydrogen-bond acceptors (Lipinski definition) is 7. The Morgan fingerprint density at radius 3 is 3.11 bits per heavy atom. The Kier molecular flexibility index (Phi) is 4.84. The molecule has 1 aliphatic carbocycles. The third kappa shape index (κ3) is 3.54. The van der Waals surface area contributed by atoms with Gasteiger partial charge in [0.25, 0.3) is 5.69 Å². The molecule has 0 saturated carbocycles. The van der Waals surface area contributed by atoms with Crippen molar-refractivity contribution in [2.45, 2.75) is 39.4 Å². The number of carbonyl (C=O) groups is 1. The number of nitro benzene ring substituents is 1. The quantitative estimate of drug-likeness (QED) is 0.446. The van der Waals surface area contributed by atoms with Crippen LogP contribution in [-0.4, -0.2) is 17.7 Å². The fourth-order valence-corrected chi connectivity index (χ4v) is 4.80. The van der Waals surface area contributed by atoms with Crippen LogP contribution in [0.25, 0.3) is 0 Å². The highest BCUT2D eigenvalue weighted by Gasteiger charge is 2.25. The Balaban J connectivity index is 1.54. The Hall–Kier alpha value is -2.45. The van der Waals surface area contributed by atoms with Crippen molar-refractivity contribution in [1.29, 1.82) is 0 Å². The molecule has 0 bridgehead atoms. The molecule has 7 nitrogen and oxygen atoms in total. The summed E-state index contributed by atoms with van der Waals surface area (Å²) >= 11 is 1.60. The van der Waals surface area contributed by atoms with E-state index in [1.807, 2.05) is 5.38 Å². The molecule has 0 saturated heterocycles. The van der Waals surface area contributed by atoms with Crippen LogP contribution in [0.15, 0.2) is 17.5 Å². The van der Waals surface area contributed by atoms with Crippen molar-refractivity contribution in [3.05, 3.63) is 54.8 Å². The van der Waals surface area contributed by atoms with Crippen LogP contribution >= 0.6 is 11.3 Å². The summed E-state index contributed by atoms with van der Waals surface area (Å²) in [6, 6.07) is 2.82. The van der Waals surface area contributed by atoms with Gasteiger partial charge in [0.05, 0.1) is 17.1 Å². The van der Waals surface area contributed by atoms with Crippen molar-refractivity contribution in [2.24, 2.45) is 5.92 Å². The topological polar surface area (TPSA) is 87.9 Å². The Morgan fingerprint density at radius 2 is 2.30 bits per heavy atom. The first-order chi connectivity index (χ1) is 13.0. The van der Waals surface area contributed by atoms with Gasteiger partial charge in [-0.15, -0.1) is 11.3 Å². The maximum Gasteiger partial charge on any atom is 0.339 e. The molecule has 1 atom stereocenters. The fraction of sp³-hybridized carbons (Fsp3) is 0.421. The third-order valence-electron chi connectivity index (χ3n) is 4.96. The van der Waals surface area contributed by atoms with Gasteiger partial charge in [-0.3, -0.25) is 10.1 Å². The van der Waals surface area contributed by atoms with Crippen LogP contribution in [0.5, 0.6) is 5.75 Å². The maximum atomic E-state index is 12.6. The highest BCUT2D eigenvalue weighted by molar-refractivity contribution is 7.10. The van der Waals surface area contributed by atoms with Gasteiger partial charge in [0, 0.05) is 33.5 Å². The first-order valence-electron chi connectivity index (χ1n) is 8.80. The van der Waals surface area contributed by atoms with Crippen LogP contribution in [0.3, 0.4) is 0 Å². The van der Waals surface area contributed by atoms with E-state index in [0.717, 1.165) is 24.8 Å². The van der Waals surface area contributed by atoms with Gasteiger partial charge in [0.15, 0.2) is 6.79 Å². The van der Waals surface area contributed by atoms with Gasteiger partial charge in [-0.2, -0.15) is 0 Å². The lowest BCUT2D eigenvalue weighted by molar-refractivity contribution is -0.385. The van der Waals surface area contributed by atoms with Crippen LogP contribution in [0, 0.1) is 16.0 Å². The molecule has 27 heavy (non-hydrogen) atoms. The predicted molar refractivity (Wildman–Crippen MR) is 98.0 cm³/mol. The van der Waals surface area contributed by atoms with Crippen molar-refractivity contribution < 1.29 is 23.9 Å². The first kappa shape index (κ1) is 17.9. The summed E-state index contributed by atoms with van der Waals surface area (Å²) in [7, 11) is 0. The van der Waals surface area contributed by atoms with E-state index in [2.05, 4.69) is 6.92 Å². The number of carbonyl (C=O) groups excluding carboxylic acids is 1. The van der Waals surface area contributed by atoms with E-state index in [-0.39, 0.29) is 25.7 Å². The number of hydrogen-bond donors (Lipinski definition) is 0. The van der Waals surface area contributed by atoms with Gasteiger partial charge in [0.2, 0.25) is 0 Å². The molecule has 0 fully saturated rings. The number of esters is 1. The van der Waals surface area contributed by atoms with E-state index < -0.39 is 10.9 Å². The summed E-state index contributed by atoms with van der Waals surface area (Å²) in [6.07, 6.45) is 2.95. The number of rotatable bonds is 4. The van der Waals surface area contributed by atoms with Gasteiger partial charge in [0.1, 0.15) is 12.4 Å². The number of thiophene rings is 1. The number of fused-ring (bicyclic) bond motifs is 2. The SMILES string of the molecule is C[C@H]1CCc2c(C(=O)OCc3cc([N+](=O)[O-])cc4c3OCOC4)csc2C1. The molecule has 0 N–H and O–H groups in total. The van der Waals surface area contributed by atoms with Gasteiger partial charge >= 0.3 is 5.97 Å². The third-order valence-corrected chi connectivity index (χ3v) is 6.01. The molecule has 2 heterocycles. The number of non-ortho nitro benzene ring substituents is 1. The van der Waals surface area contributed by atoms with E-state index in [9.17, 15) is 14.9 Å². The molecule has 2 aliphatic rings. The molecule has 1 aliphatic heterocycles. The number of ether oxygens (including phenoxy) is 3. The summed E-state index contributed by atoms with van der Waals surface area (Å²) in [6.45, 7) is 2.44. The van der Waals surface area contributed by atoms with Crippen molar-refractivity contribution >= 4 is 23.0 Å². The highest BCUT2D eigenvalue weighted by Crippen LogP contribution is 2.35. The standard InChI is InChI=1S/C19H19NO6S/c1-11-2-3-15-16(9-27-17(15)4-11)19(21)25-8-13-6-14(20(22)23)5-12-7-24-10-26-18(12)13/h5-6,9,11H,2-4,7-8,10H2,1H3/t11-/m0/s1. The zero-order chi connectivity index (χ0) is 19.0. The molecular formula is C19H19NO6S. The minimum absolute atomic E-state index is 0.0714. The predicted octanol–water partition coefficient (Wildman–Crippen LogP) is 4.00. The monoisotopic (exact) mass is 389 g/mol. The van der Waals surface area contributed by atoms with E-state index in [1.54, 1.807) is 11.3 Å². The van der Waals surface area contributed by atoms with Gasteiger partial charge in [-0.05, 0) is 30.7 Å². The summed E-state index contributed by atoms with van der Waals surface area (Å²) in [4.78, 5) is 24.6. The lowest BCUT2D eigenvalue weighted by Gasteiger charge is -2.21. The Bertz CT molecular complexity index is 906. The highest BCUT2D eigenvalue weighted by atomic mass is 32.1. The van der Waals surface area contributed by atoms with Crippen molar-refractivity contribution in [3.8, 4) is 5.75 Å². The minimum atomic E-state index is -0.476. The Labute approximate surface area is 160 Å². The second-order valence-electron chi connectivity index (χ2n) is 6.94. The normalized spacial score (nSPS) is 18.2. The summed E-state index contributed by atoms with van der Waals surface area (Å²) < 4.78 is 16.2. The number of nitro groups is 1. The number of benzene rings is 1. The summed E-state index contributed by atoms with van der Waals surface area (Å²) in [5, 5.41) is 13.0. The van der Waals surface area contributed by atoms with Gasteiger partial charge < -0.3 is 14.2 Å². The molecule has 4 rings (SSSR count). The van der Waals surface area contributed by atoms with E-state index in [1.165, 1.54) is 17.0 Å². The lowest BCUT2D eigenvalue weighted by Crippen LogP contribution is -2.16. The largest absolute Gasteiger partial charge is 0.467 e. The zero-order valence-corrected chi connectivity index (χ0v) is 15.7. The molecule has 0 unspecified atom stereocenters. The van der Waals surface area contributed by atoms with E-state index in [0.29, 0.717) is 28.4 Å². The molecule has 0 radical (unpaired) electrons. The number of nitrogens with zero attached hydrogens (tertiary/aromatic N) is 1. The van der Waals surface area contributed by atoms with Crippen LogP contribution in [0.1, 0.15) is 45.3 Å². The first-order valence-corrected chi connectivity index (χ1v) is 9.68. The second-order valence-corrected chi connectivity index (χ2v) is 7.90. The smallest absolute Gasteiger partial charge is 0.339 e. The molecule has 1 aromatic carbocycles. The van der Waals surface area contributed by atoms with Gasteiger partial charge in [-0.1, -0.05) is 6.92 Å². The molecule has 142 valence electrons. The van der Waals surface area contributed by atoms with Crippen molar-refractivity contribution in [3.63, 3.8) is 0 Å². The van der Waals surface area contributed by atoms with Crippen LogP contribution < -0.4 is 4.74 Å².